The van der Waals surface area contributed by atoms with Crippen molar-refractivity contribution < 1.29 is 0 Å². The molecule has 0 bridgehead atoms. The van der Waals surface area contributed by atoms with E-state index in [9.17, 15) is 4.79 Å². The summed E-state index contributed by atoms with van der Waals surface area (Å²) >= 11 is 0. The van der Waals surface area contributed by atoms with Crippen molar-refractivity contribution in [3.63, 3.8) is 0 Å². The SMILES string of the molecule is Cc1ccc(-c2cc3cc(-c4ccccc4)nn3c3n[nH]c(=O)n23)cc1. The first-order valence-corrected chi connectivity index (χ1v) is 8.33. The van der Waals surface area contributed by atoms with Gasteiger partial charge in [-0.05, 0) is 24.6 Å². The minimum atomic E-state index is -0.283. The van der Waals surface area contributed by atoms with Crippen LogP contribution < -0.4 is 5.69 Å². The molecular formula is C20H15N5O. The minimum Gasteiger partial charge on any atom is -0.246 e. The molecule has 0 spiro atoms. The van der Waals surface area contributed by atoms with Crippen LogP contribution in [0.3, 0.4) is 0 Å². The molecular weight excluding hydrogens is 326 g/mol. The molecule has 0 fully saturated rings. The van der Waals surface area contributed by atoms with Crippen molar-refractivity contribution in [3.05, 3.63) is 82.8 Å². The maximum absolute atomic E-state index is 12.4. The lowest BCUT2D eigenvalue weighted by Gasteiger charge is -2.06. The summed E-state index contributed by atoms with van der Waals surface area (Å²) in [5.74, 6) is 0.463. The van der Waals surface area contributed by atoms with Gasteiger partial charge in [0, 0.05) is 5.56 Å². The van der Waals surface area contributed by atoms with Gasteiger partial charge in [-0.25, -0.2) is 14.3 Å². The van der Waals surface area contributed by atoms with Crippen LogP contribution in [0.2, 0.25) is 0 Å². The highest BCUT2D eigenvalue weighted by molar-refractivity contribution is 5.73. The standard InChI is InChI=1S/C20H15N5O/c1-13-7-9-15(10-8-13)18-12-16-11-17(14-5-3-2-4-6-14)23-25(16)19-21-22-20(26)24(18)19/h2-12H,1H3,(H,22,26). The van der Waals surface area contributed by atoms with Crippen LogP contribution in [0, 0.1) is 6.92 Å². The number of fused-ring (bicyclic) bond motifs is 3. The molecule has 3 heterocycles. The molecule has 126 valence electrons. The van der Waals surface area contributed by atoms with Gasteiger partial charge in [-0.15, -0.1) is 5.10 Å². The van der Waals surface area contributed by atoms with E-state index in [2.05, 4.69) is 15.3 Å². The maximum Gasteiger partial charge on any atom is 0.349 e. The monoisotopic (exact) mass is 341 g/mol. The van der Waals surface area contributed by atoms with Crippen molar-refractivity contribution in [1.82, 2.24) is 24.2 Å². The van der Waals surface area contributed by atoms with Gasteiger partial charge in [0.15, 0.2) is 0 Å². The van der Waals surface area contributed by atoms with Crippen molar-refractivity contribution in [3.8, 4) is 22.5 Å². The Balaban J connectivity index is 1.84. The Hall–Kier alpha value is -3.67. The smallest absolute Gasteiger partial charge is 0.246 e. The predicted octanol–water partition coefficient (Wildman–Crippen LogP) is 3.31. The van der Waals surface area contributed by atoms with E-state index in [4.69, 9.17) is 0 Å². The average molecular weight is 341 g/mol. The third-order valence-corrected chi connectivity index (χ3v) is 4.52. The van der Waals surface area contributed by atoms with E-state index in [1.807, 2.05) is 73.7 Å². The molecule has 6 heteroatoms. The number of hydrogen-bond acceptors (Lipinski definition) is 3. The van der Waals surface area contributed by atoms with Crippen LogP contribution in [0.25, 0.3) is 33.8 Å². The summed E-state index contributed by atoms with van der Waals surface area (Å²) in [6.07, 6.45) is 0. The van der Waals surface area contributed by atoms with E-state index in [0.29, 0.717) is 5.78 Å². The summed E-state index contributed by atoms with van der Waals surface area (Å²) in [6.45, 7) is 2.04. The summed E-state index contributed by atoms with van der Waals surface area (Å²) in [7, 11) is 0. The largest absolute Gasteiger partial charge is 0.349 e. The number of nitrogens with zero attached hydrogens (tertiary/aromatic N) is 4. The van der Waals surface area contributed by atoms with Crippen molar-refractivity contribution in [2.45, 2.75) is 6.92 Å². The third-order valence-electron chi connectivity index (χ3n) is 4.52. The van der Waals surface area contributed by atoms with E-state index in [1.165, 1.54) is 5.56 Å². The summed E-state index contributed by atoms with van der Waals surface area (Å²) in [5.41, 5.74) is 5.36. The average Bonchev–Trinajstić information content (AvgIpc) is 3.26. The Morgan fingerprint density at radius 1 is 0.923 bits per heavy atom. The molecule has 5 rings (SSSR count). The van der Waals surface area contributed by atoms with Crippen LogP contribution >= 0.6 is 0 Å². The summed E-state index contributed by atoms with van der Waals surface area (Å²) in [4.78, 5) is 12.4. The summed E-state index contributed by atoms with van der Waals surface area (Å²) in [5, 5.41) is 11.4. The maximum atomic E-state index is 12.4. The van der Waals surface area contributed by atoms with Gasteiger partial charge in [-0.2, -0.15) is 9.61 Å². The van der Waals surface area contributed by atoms with Gasteiger partial charge in [0.05, 0.1) is 16.9 Å². The Morgan fingerprint density at radius 3 is 2.46 bits per heavy atom. The fourth-order valence-corrected chi connectivity index (χ4v) is 3.20. The number of aromatic nitrogens is 5. The molecule has 6 nitrogen and oxygen atoms in total. The van der Waals surface area contributed by atoms with Crippen LogP contribution in [-0.2, 0) is 0 Å². The number of H-pyrrole nitrogens is 1. The number of rotatable bonds is 2. The van der Waals surface area contributed by atoms with E-state index in [1.54, 1.807) is 8.92 Å². The highest BCUT2D eigenvalue weighted by atomic mass is 16.1. The Bertz CT molecular complexity index is 1290. The lowest BCUT2D eigenvalue weighted by Crippen LogP contribution is -2.13. The second-order valence-electron chi connectivity index (χ2n) is 6.29. The molecule has 0 aliphatic heterocycles. The molecule has 0 radical (unpaired) electrons. The van der Waals surface area contributed by atoms with Gasteiger partial charge >= 0.3 is 5.69 Å². The Labute approximate surface area is 148 Å². The summed E-state index contributed by atoms with van der Waals surface area (Å²) in [6, 6.07) is 22.0. The van der Waals surface area contributed by atoms with Gasteiger partial charge in [-0.1, -0.05) is 60.2 Å². The van der Waals surface area contributed by atoms with Crippen LogP contribution in [0.4, 0.5) is 0 Å². The normalized spacial score (nSPS) is 11.4. The predicted molar refractivity (Wildman–Crippen MR) is 100 cm³/mol. The number of benzene rings is 2. The van der Waals surface area contributed by atoms with Crippen LogP contribution in [0.15, 0.2) is 71.5 Å². The highest BCUT2D eigenvalue weighted by Gasteiger charge is 2.15. The van der Waals surface area contributed by atoms with E-state index in [0.717, 1.165) is 28.0 Å². The van der Waals surface area contributed by atoms with E-state index < -0.39 is 0 Å². The first-order valence-electron chi connectivity index (χ1n) is 8.33. The van der Waals surface area contributed by atoms with Crippen LogP contribution in [-0.4, -0.2) is 24.2 Å². The molecule has 3 aromatic heterocycles. The minimum absolute atomic E-state index is 0.283. The number of aromatic amines is 1. The molecule has 0 aliphatic rings. The topological polar surface area (TPSA) is 67.5 Å². The Morgan fingerprint density at radius 2 is 1.69 bits per heavy atom. The van der Waals surface area contributed by atoms with E-state index in [-0.39, 0.29) is 5.69 Å². The van der Waals surface area contributed by atoms with Gasteiger partial charge in [-0.3, -0.25) is 0 Å². The second-order valence-corrected chi connectivity index (χ2v) is 6.29. The molecule has 1 N–H and O–H groups in total. The number of hydrogen-bond donors (Lipinski definition) is 1. The highest BCUT2D eigenvalue weighted by Crippen LogP contribution is 2.25. The first kappa shape index (κ1) is 14.7. The van der Waals surface area contributed by atoms with E-state index >= 15 is 0 Å². The molecule has 5 aromatic rings. The van der Waals surface area contributed by atoms with Gasteiger partial charge < -0.3 is 0 Å². The van der Waals surface area contributed by atoms with Crippen molar-refractivity contribution >= 4 is 11.3 Å². The molecule has 2 aromatic carbocycles. The van der Waals surface area contributed by atoms with Crippen molar-refractivity contribution in [2.24, 2.45) is 0 Å². The molecule has 0 amide bonds. The van der Waals surface area contributed by atoms with Gasteiger partial charge in [0.25, 0.3) is 5.78 Å². The van der Waals surface area contributed by atoms with Crippen LogP contribution in [0.1, 0.15) is 5.56 Å². The van der Waals surface area contributed by atoms with Gasteiger partial charge in [0.1, 0.15) is 0 Å². The second kappa shape index (κ2) is 5.42. The Kier molecular flexibility index (Phi) is 3.05. The molecule has 0 aliphatic carbocycles. The van der Waals surface area contributed by atoms with Crippen molar-refractivity contribution in [2.75, 3.05) is 0 Å². The van der Waals surface area contributed by atoms with Gasteiger partial charge in [0.2, 0.25) is 0 Å². The fourth-order valence-electron chi connectivity index (χ4n) is 3.20. The van der Waals surface area contributed by atoms with Crippen LogP contribution in [0.5, 0.6) is 0 Å². The molecule has 0 saturated carbocycles. The molecule has 0 atom stereocenters. The third kappa shape index (κ3) is 2.16. The summed E-state index contributed by atoms with van der Waals surface area (Å²) < 4.78 is 3.25. The zero-order valence-corrected chi connectivity index (χ0v) is 14.0. The number of aryl methyl sites for hydroxylation is 1. The lowest BCUT2D eigenvalue weighted by atomic mass is 10.1. The zero-order chi connectivity index (χ0) is 17.7. The lowest BCUT2D eigenvalue weighted by molar-refractivity contribution is 0.932. The first-order chi connectivity index (χ1) is 12.7. The number of nitrogens with one attached hydrogen (secondary N) is 1. The molecule has 26 heavy (non-hydrogen) atoms. The zero-order valence-electron chi connectivity index (χ0n) is 14.0. The molecule has 0 saturated heterocycles. The quantitative estimate of drug-likeness (QED) is 0.536. The fraction of sp³-hybridized carbons (Fsp3) is 0.0500. The van der Waals surface area contributed by atoms with Crippen molar-refractivity contribution in [1.29, 1.82) is 0 Å². The molecule has 0 unspecified atom stereocenters.